The van der Waals surface area contributed by atoms with Gasteiger partial charge in [-0.1, -0.05) is 45.9 Å². The molecule has 1 aliphatic heterocycles. The van der Waals surface area contributed by atoms with Gasteiger partial charge in [-0.2, -0.15) is 0 Å². The van der Waals surface area contributed by atoms with Crippen LogP contribution in [0.5, 0.6) is 5.75 Å². The minimum atomic E-state index is -0.293. The van der Waals surface area contributed by atoms with Crippen LogP contribution < -0.4 is 26.0 Å². The van der Waals surface area contributed by atoms with Crippen molar-refractivity contribution in [2.45, 2.75) is 57.8 Å². The van der Waals surface area contributed by atoms with Crippen molar-refractivity contribution in [3.63, 3.8) is 0 Å². The van der Waals surface area contributed by atoms with Crippen LogP contribution in [0.25, 0.3) is 0 Å². The number of amides is 2. The molecule has 4 N–H and O–H groups in total. The smallest absolute Gasteiger partial charge is 0.319 e. The molecule has 1 aliphatic rings. The number of carbonyl (C=O) groups excluding carboxylic acids is 1. The maximum atomic E-state index is 13.9. The van der Waals surface area contributed by atoms with Crippen LogP contribution in [-0.2, 0) is 5.41 Å². The van der Waals surface area contributed by atoms with Crippen molar-refractivity contribution in [3.8, 4) is 5.75 Å². The first-order valence-corrected chi connectivity index (χ1v) is 13.7. The summed E-state index contributed by atoms with van der Waals surface area (Å²) in [6.07, 6.45) is 1.60. The molecule has 2 amide bonds. The van der Waals surface area contributed by atoms with E-state index in [9.17, 15) is 9.18 Å². The molecule has 0 bridgehead atoms. The summed E-state index contributed by atoms with van der Waals surface area (Å²) in [5.74, 6) is 0.960. The summed E-state index contributed by atoms with van der Waals surface area (Å²) in [5, 5.41) is 6.35. The molecular weight excluding hydrogens is 491 g/mol. The van der Waals surface area contributed by atoms with Gasteiger partial charge in [-0.05, 0) is 83.8 Å². The highest BCUT2D eigenvalue weighted by Crippen LogP contribution is 2.39. The largest absolute Gasteiger partial charge is 0.497 e. The molecule has 0 aliphatic carbocycles. The average Bonchev–Trinajstić information content (AvgIpc) is 2.92. The lowest BCUT2D eigenvalue weighted by molar-refractivity contribution is 0.244. The lowest BCUT2D eigenvalue weighted by Crippen LogP contribution is -2.49. The van der Waals surface area contributed by atoms with Gasteiger partial charge in [0, 0.05) is 42.1 Å². The van der Waals surface area contributed by atoms with Gasteiger partial charge >= 0.3 is 6.03 Å². The lowest BCUT2D eigenvalue weighted by Gasteiger charge is -2.43. The topological polar surface area (TPSA) is 79.6 Å². The van der Waals surface area contributed by atoms with Gasteiger partial charge in [0.2, 0.25) is 0 Å². The Morgan fingerprint density at radius 2 is 1.64 bits per heavy atom. The second-order valence-electron chi connectivity index (χ2n) is 11.2. The van der Waals surface area contributed by atoms with Crippen molar-refractivity contribution in [3.05, 3.63) is 83.2 Å². The lowest BCUT2D eigenvalue weighted by atomic mass is 9.72. The predicted molar refractivity (Wildman–Crippen MR) is 159 cm³/mol. The second kappa shape index (κ2) is 12.0. The molecule has 7 heteroatoms. The highest BCUT2D eigenvalue weighted by Gasteiger charge is 2.37. The molecule has 1 heterocycles. The first kappa shape index (κ1) is 28.3. The molecule has 4 rings (SSSR count). The van der Waals surface area contributed by atoms with Gasteiger partial charge in [0.15, 0.2) is 0 Å². The quantitative estimate of drug-likeness (QED) is 0.272. The van der Waals surface area contributed by atoms with Crippen molar-refractivity contribution in [1.82, 2.24) is 5.32 Å². The number of nitrogens with one attached hydrogen (secondary N) is 2. The van der Waals surface area contributed by atoms with Crippen LogP contribution in [-0.4, -0.2) is 32.8 Å². The van der Waals surface area contributed by atoms with Crippen LogP contribution in [0.2, 0.25) is 0 Å². The molecule has 6 nitrogen and oxygen atoms in total. The van der Waals surface area contributed by atoms with Crippen LogP contribution in [0.4, 0.5) is 26.2 Å². The molecule has 0 radical (unpaired) electrons. The number of anilines is 3. The Hall–Kier alpha value is -3.74. The van der Waals surface area contributed by atoms with Gasteiger partial charge in [0.1, 0.15) is 11.6 Å². The molecule has 3 aromatic rings. The maximum absolute atomic E-state index is 13.9. The minimum absolute atomic E-state index is 0.205. The Balaban J connectivity index is 1.57. The van der Waals surface area contributed by atoms with Gasteiger partial charge in [0.05, 0.1) is 7.11 Å². The number of nitrogen functional groups attached to an aromatic ring is 1. The Morgan fingerprint density at radius 3 is 2.23 bits per heavy atom. The van der Waals surface area contributed by atoms with Gasteiger partial charge in [0.25, 0.3) is 0 Å². The van der Waals surface area contributed by atoms with Gasteiger partial charge in [-0.25, -0.2) is 9.18 Å². The molecule has 0 atom stereocenters. The summed E-state index contributed by atoms with van der Waals surface area (Å²) in [6, 6.07) is 18.5. The number of nitrogens with two attached hydrogens (primary N) is 1. The van der Waals surface area contributed by atoms with E-state index in [1.54, 1.807) is 19.2 Å². The number of carbonyl (C=O) groups is 1. The van der Waals surface area contributed by atoms with Crippen LogP contribution >= 0.6 is 0 Å². The van der Waals surface area contributed by atoms with E-state index in [2.05, 4.69) is 55.4 Å². The Labute approximate surface area is 231 Å². The number of methoxy groups -OCH3 is 1. The summed E-state index contributed by atoms with van der Waals surface area (Å²) < 4.78 is 19.4. The normalized spacial score (nSPS) is 14.9. The molecule has 208 valence electrons. The molecule has 0 saturated carbocycles. The number of piperidine rings is 1. The van der Waals surface area contributed by atoms with E-state index in [1.807, 2.05) is 30.3 Å². The number of hydrogen-bond donors (Lipinski definition) is 3. The fraction of sp³-hybridized carbons (Fsp3) is 0.406. The van der Waals surface area contributed by atoms with Gasteiger partial charge in [-0.15, -0.1) is 0 Å². The Bertz CT molecular complexity index is 1270. The van der Waals surface area contributed by atoms with Crippen molar-refractivity contribution in [2.75, 3.05) is 42.7 Å². The van der Waals surface area contributed by atoms with E-state index in [0.29, 0.717) is 12.2 Å². The Kier molecular flexibility index (Phi) is 8.68. The standard InChI is InChI=1S/C32H41FN4O2/c1-21(2)28-18-25(34)19-29(22(3)4)30(28)36-31(38)35-20-32(23-8-6-11-27(16-23)39-5)12-14-37(15-13-32)26-10-7-9-24(33)17-26/h6-11,16-19,21-22H,12-15,20,34H2,1-5H3,(H2,35,36,38). The molecule has 3 aromatic carbocycles. The third-order valence-electron chi connectivity index (χ3n) is 7.87. The summed E-state index contributed by atoms with van der Waals surface area (Å²) in [6.45, 7) is 10.4. The van der Waals surface area contributed by atoms with Gasteiger partial charge < -0.3 is 26.0 Å². The van der Waals surface area contributed by atoms with Crippen LogP contribution in [0.1, 0.15) is 69.1 Å². The van der Waals surface area contributed by atoms with E-state index in [-0.39, 0.29) is 29.1 Å². The van der Waals surface area contributed by atoms with E-state index in [1.165, 1.54) is 6.07 Å². The first-order valence-electron chi connectivity index (χ1n) is 13.7. The molecular formula is C32H41FN4O2. The third-order valence-corrected chi connectivity index (χ3v) is 7.87. The first-order chi connectivity index (χ1) is 18.6. The highest BCUT2D eigenvalue weighted by molar-refractivity contribution is 5.92. The number of nitrogens with zero attached hydrogens (tertiary/aromatic N) is 1. The molecule has 0 spiro atoms. The fourth-order valence-corrected chi connectivity index (χ4v) is 5.56. The van der Waals surface area contributed by atoms with E-state index in [0.717, 1.165) is 59.7 Å². The summed E-state index contributed by atoms with van der Waals surface area (Å²) in [5.41, 5.74) is 11.5. The summed E-state index contributed by atoms with van der Waals surface area (Å²) >= 11 is 0. The number of benzene rings is 3. The van der Waals surface area contributed by atoms with Gasteiger partial charge in [-0.3, -0.25) is 0 Å². The van der Waals surface area contributed by atoms with Crippen molar-refractivity contribution < 1.29 is 13.9 Å². The summed E-state index contributed by atoms with van der Waals surface area (Å²) in [4.78, 5) is 15.6. The van der Waals surface area contributed by atoms with Crippen LogP contribution in [0, 0.1) is 5.82 Å². The minimum Gasteiger partial charge on any atom is -0.497 e. The molecule has 1 saturated heterocycles. The zero-order valence-electron chi connectivity index (χ0n) is 23.7. The van der Waals surface area contributed by atoms with Crippen molar-refractivity contribution in [2.24, 2.45) is 0 Å². The number of hydrogen-bond acceptors (Lipinski definition) is 4. The maximum Gasteiger partial charge on any atom is 0.319 e. The second-order valence-corrected chi connectivity index (χ2v) is 11.2. The number of urea groups is 1. The fourth-order valence-electron chi connectivity index (χ4n) is 5.56. The van der Waals surface area contributed by atoms with E-state index < -0.39 is 0 Å². The predicted octanol–water partition coefficient (Wildman–Crippen LogP) is 7.02. The van der Waals surface area contributed by atoms with Crippen molar-refractivity contribution >= 4 is 23.1 Å². The number of halogens is 1. The Morgan fingerprint density at radius 1 is 1.00 bits per heavy atom. The van der Waals surface area contributed by atoms with E-state index >= 15 is 0 Å². The molecule has 39 heavy (non-hydrogen) atoms. The number of rotatable bonds is 8. The van der Waals surface area contributed by atoms with Crippen LogP contribution in [0.3, 0.4) is 0 Å². The number of ether oxygens (including phenoxy) is 1. The SMILES string of the molecule is COc1cccc(C2(CNC(=O)Nc3c(C(C)C)cc(N)cc3C(C)C)CCN(c3cccc(F)c3)CC2)c1. The van der Waals surface area contributed by atoms with Crippen LogP contribution in [0.15, 0.2) is 60.7 Å². The van der Waals surface area contributed by atoms with Crippen molar-refractivity contribution in [1.29, 1.82) is 0 Å². The molecule has 1 fully saturated rings. The molecule has 0 unspecified atom stereocenters. The van der Waals surface area contributed by atoms with E-state index in [4.69, 9.17) is 10.5 Å². The monoisotopic (exact) mass is 532 g/mol. The molecule has 0 aromatic heterocycles. The summed E-state index contributed by atoms with van der Waals surface area (Å²) in [7, 11) is 1.66. The average molecular weight is 533 g/mol. The zero-order chi connectivity index (χ0) is 28.2. The third kappa shape index (κ3) is 6.47. The highest BCUT2D eigenvalue weighted by atomic mass is 19.1. The zero-order valence-corrected chi connectivity index (χ0v) is 23.7.